The van der Waals surface area contributed by atoms with Crippen LogP contribution < -0.4 is 4.74 Å². The summed E-state index contributed by atoms with van der Waals surface area (Å²) in [5.74, 6) is 1.12. The van der Waals surface area contributed by atoms with Crippen LogP contribution in [-0.4, -0.2) is 68.2 Å². The fourth-order valence-electron chi connectivity index (χ4n) is 4.38. The van der Waals surface area contributed by atoms with Crippen molar-refractivity contribution < 1.29 is 18.3 Å². The first-order valence-electron chi connectivity index (χ1n) is 11.5. The third kappa shape index (κ3) is 5.01. The van der Waals surface area contributed by atoms with Crippen LogP contribution in [0.4, 0.5) is 0 Å². The van der Waals surface area contributed by atoms with Crippen molar-refractivity contribution in [2.45, 2.75) is 43.7 Å². The number of rotatable bonds is 7. The summed E-state index contributed by atoms with van der Waals surface area (Å²) in [5, 5.41) is 9.78. The lowest BCUT2D eigenvalue weighted by Gasteiger charge is -2.37. The number of nitrogens with zero attached hydrogens (tertiary/aromatic N) is 2. The predicted octanol–water partition coefficient (Wildman–Crippen LogP) is 3.46. The first-order chi connectivity index (χ1) is 15.3. The molecule has 1 saturated carbocycles. The van der Waals surface area contributed by atoms with E-state index in [9.17, 15) is 13.5 Å². The van der Waals surface area contributed by atoms with Gasteiger partial charge < -0.3 is 14.7 Å². The molecule has 1 heterocycles. The average molecular weight is 459 g/mol. The summed E-state index contributed by atoms with van der Waals surface area (Å²) in [6.07, 6.45) is 2.41. The van der Waals surface area contributed by atoms with Crippen molar-refractivity contribution in [3.63, 3.8) is 0 Å². The van der Waals surface area contributed by atoms with Crippen molar-refractivity contribution in [3.05, 3.63) is 48.5 Å². The van der Waals surface area contributed by atoms with Crippen LogP contribution in [0.2, 0.25) is 0 Å². The van der Waals surface area contributed by atoms with E-state index in [0.29, 0.717) is 12.3 Å². The molecule has 0 radical (unpaired) electrons. The van der Waals surface area contributed by atoms with Crippen LogP contribution in [0.15, 0.2) is 53.4 Å². The summed E-state index contributed by atoms with van der Waals surface area (Å²) in [6, 6.07) is 14.7. The second kappa shape index (κ2) is 9.51. The van der Waals surface area contributed by atoms with Gasteiger partial charge in [-0.1, -0.05) is 43.3 Å². The van der Waals surface area contributed by atoms with Gasteiger partial charge in [0.15, 0.2) is 0 Å². The van der Waals surface area contributed by atoms with Gasteiger partial charge in [0, 0.05) is 31.6 Å². The molecule has 6 nitrogen and oxygen atoms in total. The fraction of sp³-hybridized carbons (Fsp3) is 0.520. The summed E-state index contributed by atoms with van der Waals surface area (Å²) >= 11 is 0. The second-order valence-corrected chi connectivity index (χ2v) is 11.3. The number of aliphatic hydroxyl groups is 1. The first-order valence-corrected chi connectivity index (χ1v) is 12.9. The molecule has 2 aromatic carbocycles. The Morgan fingerprint density at radius 3 is 2.50 bits per heavy atom. The minimum atomic E-state index is -3.81. The monoisotopic (exact) mass is 458 g/mol. The Morgan fingerprint density at radius 1 is 1.12 bits per heavy atom. The van der Waals surface area contributed by atoms with Crippen molar-refractivity contribution in [1.29, 1.82) is 0 Å². The number of hydrogen-bond donors (Lipinski definition) is 1. The zero-order chi connectivity index (χ0) is 22.9. The van der Waals surface area contributed by atoms with Crippen LogP contribution in [0.5, 0.6) is 5.75 Å². The lowest BCUT2D eigenvalue weighted by Crippen LogP contribution is -2.49. The number of fused-ring (bicyclic) bond motifs is 1. The standard InChI is InChI=1S/C25H34N2O4S/c1-18-14-27(19(2)17-28)32(29,30)25-12-11-22(21-7-5-4-6-8-21)13-23(25)31-24(18)16-26(3)15-20-9-10-20/h4-8,11-13,18-20,24,28H,9-10,14-17H2,1-3H3/t18-,19-,24-/m0/s1. The number of ether oxygens (including phenoxy) is 1. The molecule has 0 bridgehead atoms. The van der Waals surface area contributed by atoms with Gasteiger partial charge in [0.25, 0.3) is 0 Å². The molecule has 7 heteroatoms. The van der Waals surface area contributed by atoms with E-state index < -0.39 is 16.1 Å². The van der Waals surface area contributed by atoms with Crippen molar-refractivity contribution in [2.75, 3.05) is 33.3 Å². The third-order valence-corrected chi connectivity index (χ3v) is 8.55. The van der Waals surface area contributed by atoms with E-state index in [4.69, 9.17) is 4.74 Å². The highest BCUT2D eigenvalue weighted by molar-refractivity contribution is 7.89. The van der Waals surface area contributed by atoms with Crippen LogP contribution in [0.3, 0.4) is 0 Å². The van der Waals surface area contributed by atoms with Gasteiger partial charge in [-0.15, -0.1) is 0 Å². The maximum absolute atomic E-state index is 13.6. The second-order valence-electron chi connectivity index (χ2n) is 9.43. The average Bonchev–Trinajstić information content (AvgIpc) is 3.59. The van der Waals surface area contributed by atoms with Crippen LogP contribution in [0, 0.1) is 11.8 Å². The molecule has 3 atom stereocenters. The highest BCUT2D eigenvalue weighted by Crippen LogP contribution is 2.37. The van der Waals surface area contributed by atoms with Gasteiger partial charge in [-0.25, -0.2) is 8.42 Å². The Morgan fingerprint density at radius 2 is 1.84 bits per heavy atom. The highest BCUT2D eigenvalue weighted by Gasteiger charge is 2.38. The molecular weight excluding hydrogens is 424 g/mol. The number of hydrogen-bond acceptors (Lipinski definition) is 5. The van der Waals surface area contributed by atoms with Gasteiger partial charge in [0.05, 0.1) is 6.61 Å². The smallest absolute Gasteiger partial charge is 0.247 e. The normalized spacial score (nSPS) is 24.3. The summed E-state index contributed by atoms with van der Waals surface area (Å²) in [5.41, 5.74) is 1.93. The third-order valence-electron chi connectivity index (χ3n) is 6.53. The van der Waals surface area contributed by atoms with Gasteiger partial charge in [-0.05, 0) is 56.0 Å². The first kappa shape index (κ1) is 23.2. The largest absolute Gasteiger partial charge is 0.487 e. The summed E-state index contributed by atoms with van der Waals surface area (Å²) in [6.45, 7) is 5.64. The molecule has 1 N–H and O–H groups in total. The molecule has 4 rings (SSSR count). The molecular formula is C25H34N2O4S. The molecule has 2 aliphatic rings. The van der Waals surface area contributed by atoms with Crippen LogP contribution in [0.25, 0.3) is 11.1 Å². The molecule has 2 aromatic rings. The quantitative estimate of drug-likeness (QED) is 0.688. The lowest BCUT2D eigenvalue weighted by molar-refractivity contribution is 0.0741. The van der Waals surface area contributed by atoms with E-state index in [2.05, 4.69) is 11.9 Å². The maximum atomic E-state index is 13.6. The molecule has 0 amide bonds. The van der Waals surface area contributed by atoms with E-state index in [0.717, 1.165) is 30.1 Å². The van der Waals surface area contributed by atoms with E-state index in [-0.39, 0.29) is 23.5 Å². The number of likely N-dealkylation sites (N-methyl/N-ethyl adjacent to an activating group) is 1. The Bertz CT molecular complexity index is 1020. The molecule has 1 aliphatic carbocycles. The maximum Gasteiger partial charge on any atom is 0.247 e. The van der Waals surface area contributed by atoms with Gasteiger partial charge >= 0.3 is 0 Å². The van der Waals surface area contributed by atoms with E-state index >= 15 is 0 Å². The van der Waals surface area contributed by atoms with Gasteiger partial charge in [-0.3, -0.25) is 0 Å². The Kier molecular flexibility index (Phi) is 6.91. The summed E-state index contributed by atoms with van der Waals surface area (Å²) in [7, 11) is -1.70. The van der Waals surface area contributed by atoms with Crippen molar-refractivity contribution in [1.82, 2.24) is 9.21 Å². The molecule has 0 saturated heterocycles. The van der Waals surface area contributed by atoms with Crippen molar-refractivity contribution in [2.24, 2.45) is 11.8 Å². The Balaban J connectivity index is 1.74. The SMILES string of the molecule is C[C@H]1CN([C@@H](C)CO)S(=O)(=O)c2ccc(-c3ccccc3)cc2O[C@H]1CN(C)CC1CC1. The molecule has 0 unspecified atom stereocenters. The van der Waals surface area contributed by atoms with E-state index in [1.807, 2.05) is 49.4 Å². The zero-order valence-electron chi connectivity index (χ0n) is 19.1. The van der Waals surface area contributed by atoms with Crippen LogP contribution in [-0.2, 0) is 10.0 Å². The minimum absolute atomic E-state index is 0.0334. The molecule has 32 heavy (non-hydrogen) atoms. The molecule has 174 valence electrons. The van der Waals surface area contributed by atoms with Gasteiger partial charge in [-0.2, -0.15) is 4.31 Å². The number of aliphatic hydroxyl groups excluding tert-OH is 1. The van der Waals surface area contributed by atoms with Crippen molar-refractivity contribution >= 4 is 10.0 Å². The van der Waals surface area contributed by atoms with E-state index in [1.165, 1.54) is 17.1 Å². The van der Waals surface area contributed by atoms with Crippen molar-refractivity contribution in [3.8, 4) is 16.9 Å². The topological polar surface area (TPSA) is 70.1 Å². The van der Waals surface area contributed by atoms with Crippen LogP contribution in [0.1, 0.15) is 26.7 Å². The molecule has 0 spiro atoms. The summed E-state index contributed by atoms with van der Waals surface area (Å²) < 4.78 is 35.1. The Labute approximate surface area is 191 Å². The van der Waals surface area contributed by atoms with Crippen LogP contribution >= 0.6 is 0 Å². The zero-order valence-corrected chi connectivity index (χ0v) is 20.0. The molecule has 1 fully saturated rings. The highest BCUT2D eigenvalue weighted by atomic mass is 32.2. The van der Waals surface area contributed by atoms with Gasteiger partial charge in [0.1, 0.15) is 16.7 Å². The number of benzene rings is 2. The minimum Gasteiger partial charge on any atom is -0.487 e. The predicted molar refractivity (Wildman–Crippen MR) is 126 cm³/mol. The Hall–Kier alpha value is -1.93. The number of sulfonamides is 1. The van der Waals surface area contributed by atoms with Gasteiger partial charge in [0.2, 0.25) is 10.0 Å². The fourth-order valence-corrected chi connectivity index (χ4v) is 6.20. The summed E-state index contributed by atoms with van der Waals surface area (Å²) in [4.78, 5) is 2.47. The molecule has 1 aliphatic heterocycles. The molecule has 0 aromatic heterocycles. The lowest BCUT2D eigenvalue weighted by atomic mass is 10.0. The van der Waals surface area contributed by atoms with E-state index in [1.54, 1.807) is 13.0 Å².